The van der Waals surface area contributed by atoms with E-state index in [1.807, 2.05) is 25.1 Å². The number of phosphoric acid groups is 1. The number of carbonyl (C=O) groups excluding carboxylic acids is 2. The number of carbonyl (C=O) groups is 2. The fraction of sp³-hybridized carbons (Fsp3) is 0.385. The maximum absolute atomic E-state index is 12.1. The van der Waals surface area contributed by atoms with Crippen LogP contribution in [-0.4, -0.2) is 26.5 Å². The normalized spacial score (nSPS) is 17.0. The van der Waals surface area contributed by atoms with Gasteiger partial charge in [0, 0.05) is 0 Å². The smallest absolute Gasteiger partial charge is 0.344 e. The van der Waals surface area contributed by atoms with Crippen LogP contribution in [0.5, 0.6) is 0 Å². The van der Waals surface area contributed by atoms with E-state index in [0.717, 1.165) is 12.8 Å². The molecule has 10 heteroatoms. The molecule has 1 aromatic carbocycles. The van der Waals surface area contributed by atoms with Gasteiger partial charge in [0.2, 0.25) is 0 Å². The lowest BCUT2D eigenvalue weighted by Gasteiger charge is -2.14. The summed E-state index contributed by atoms with van der Waals surface area (Å²) in [5.41, 5.74) is 3.34. The summed E-state index contributed by atoms with van der Waals surface area (Å²) in [7, 11) is -4.64. The lowest BCUT2D eigenvalue weighted by Crippen LogP contribution is -2.35. The summed E-state index contributed by atoms with van der Waals surface area (Å²) in [6.07, 6.45) is 2.51. The van der Waals surface area contributed by atoms with Crippen molar-refractivity contribution in [1.82, 2.24) is 11.6 Å². The van der Waals surface area contributed by atoms with E-state index < -0.39 is 13.7 Å². The van der Waals surface area contributed by atoms with Crippen molar-refractivity contribution in [3.8, 4) is 0 Å². The first-order valence-corrected chi connectivity index (χ1v) is 8.28. The number of nitrogens with one attached hydrogen (secondary N) is 1. The minimum absolute atomic E-state index is 0. The molecule has 0 saturated carbocycles. The third kappa shape index (κ3) is 7.36. The zero-order valence-corrected chi connectivity index (χ0v) is 13.6. The van der Waals surface area contributed by atoms with Gasteiger partial charge in [-0.2, -0.15) is 0 Å². The molecule has 1 saturated heterocycles. The Morgan fingerprint density at radius 3 is 2.17 bits per heavy atom. The molecule has 9 nitrogen and oxygen atoms in total. The Labute approximate surface area is 134 Å². The summed E-state index contributed by atoms with van der Waals surface area (Å²) in [4.78, 5) is 45.3. The van der Waals surface area contributed by atoms with Gasteiger partial charge in [0.25, 0.3) is 11.8 Å². The summed E-state index contributed by atoms with van der Waals surface area (Å²) in [6.45, 7) is 2.05. The van der Waals surface area contributed by atoms with Crippen LogP contribution < -0.4 is 16.6 Å². The summed E-state index contributed by atoms with van der Waals surface area (Å²) >= 11 is 0. The van der Waals surface area contributed by atoms with E-state index in [2.05, 4.69) is 5.43 Å². The number of hydrogen-bond acceptors (Lipinski definition) is 4. The number of para-hydroxylation sites is 1. The highest BCUT2D eigenvalue weighted by atomic mass is 31.2. The van der Waals surface area contributed by atoms with Crippen LogP contribution in [-0.2, 0) is 14.2 Å². The van der Waals surface area contributed by atoms with Crippen LogP contribution in [0.15, 0.2) is 30.3 Å². The Morgan fingerprint density at radius 1 is 1.17 bits per heavy atom. The maximum atomic E-state index is 12.1. The largest absolute Gasteiger partial charge is 0.466 e. The average molecular weight is 347 g/mol. The van der Waals surface area contributed by atoms with E-state index in [-0.39, 0.29) is 18.0 Å². The summed E-state index contributed by atoms with van der Waals surface area (Å²) in [5, 5.41) is 1.35. The highest BCUT2D eigenvalue weighted by Gasteiger charge is 2.39. The number of hydrogen-bond donors (Lipinski definition) is 5. The van der Waals surface area contributed by atoms with Crippen molar-refractivity contribution >= 4 is 25.3 Å². The Morgan fingerprint density at radius 2 is 1.70 bits per heavy atom. The molecule has 7 N–H and O–H groups in total. The first-order chi connectivity index (χ1) is 10.2. The van der Waals surface area contributed by atoms with Gasteiger partial charge in [0.1, 0.15) is 5.92 Å². The second kappa shape index (κ2) is 9.39. The van der Waals surface area contributed by atoms with Crippen molar-refractivity contribution in [2.24, 2.45) is 5.92 Å². The molecule has 1 heterocycles. The van der Waals surface area contributed by atoms with Crippen molar-refractivity contribution < 1.29 is 28.8 Å². The van der Waals surface area contributed by atoms with Crippen LogP contribution >= 0.6 is 7.82 Å². The first-order valence-electron chi connectivity index (χ1n) is 6.72. The summed E-state index contributed by atoms with van der Waals surface area (Å²) < 4.78 is 8.88. The summed E-state index contributed by atoms with van der Waals surface area (Å²) in [5.74, 6) is -0.850. The molecule has 1 fully saturated rings. The number of unbranched alkanes of at least 4 members (excludes halogenated alkanes) is 1. The number of amides is 2. The third-order valence-electron chi connectivity index (χ3n) is 2.92. The number of anilines is 1. The molecule has 130 valence electrons. The number of hydrazine groups is 1. The predicted octanol–water partition coefficient (Wildman–Crippen LogP) is 1.10. The van der Waals surface area contributed by atoms with Gasteiger partial charge in [-0.15, -0.1) is 0 Å². The minimum atomic E-state index is -4.64. The third-order valence-corrected chi connectivity index (χ3v) is 2.92. The highest BCUT2D eigenvalue weighted by molar-refractivity contribution is 7.45. The van der Waals surface area contributed by atoms with E-state index in [0.29, 0.717) is 12.1 Å². The van der Waals surface area contributed by atoms with Gasteiger partial charge in [-0.3, -0.25) is 15.0 Å². The second-order valence-electron chi connectivity index (χ2n) is 4.69. The van der Waals surface area contributed by atoms with Crippen LogP contribution in [0.3, 0.4) is 0 Å². The molecule has 0 radical (unpaired) electrons. The fourth-order valence-corrected chi connectivity index (χ4v) is 1.94. The topological polar surface area (TPSA) is 162 Å². The molecule has 0 spiro atoms. The SMILES string of the molecule is CCCCC1C(=O)NN(c2ccccc2)C1=O.N.O=P(O)(O)O. The molecule has 23 heavy (non-hydrogen) atoms. The van der Waals surface area contributed by atoms with Crippen molar-refractivity contribution in [1.29, 1.82) is 0 Å². The molecule has 1 unspecified atom stereocenters. The van der Waals surface area contributed by atoms with E-state index >= 15 is 0 Å². The van der Waals surface area contributed by atoms with Gasteiger partial charge in [-0.1, -0.05) is 38.0 Å². The average Bonchev–Trinajstić information content (AvgIpc) is 2.71. The molecule has 2 amide bonds. The van der Waals surface area contributed by atoms with E-state index in [9.17, 15) is 9.59 Å². The van der Waals surface area contributed by atoms with Crippen molar-refractivity contribution in [2.75, 3.05) is 5.01 Å². The molecular formula is C13H22N3O6P. The Bertz CT molecular complexity index is 554. The zero-order valence-electron chi connectivity index (χ0n) is 12.8. The Kier molecular flexibility index (Phi) is 8.66. The lowest BCUT2D eigenvalue weighted by atomic mass is 10.0. The Hall–Kier alpha value is -1.77. The molecule has 2 rings (SSSR count). The minimum Gasteiger partial charge on any atom is -0.344 e. The van der Waals surface area contributed by atoms with Gasteiger partial charge in [0.15, 0.2) is 0 Å². The molecule has 0 aromatic heterocycles. The monoisotopic (exact) mass is 347 g/mol. The molecule has 0 aliphatic carbocycles. The molecular weight excluding hydrogens is 325 g/mol. The van der Waals surface area contributed by atoms with Crippen molar-refractivity contribution in [3.05, 3.63) is 30.3 Å². The molecule has 0 bridgehead atoms. The van der Waals surface area contributed by atoms with E-state index in [4.69, 9.17) is 19.2 Å². The molecule has 1 aliphatic rings. The molecule has 1 aliphatic heterocycles. The van der Waals surface area contributed by atoms with Gasteiger partial charge < -0.3 is 20.8 Å². The van der Waals surface area contributed by atoms with Crippen LogP contribution in [0.2, 0.25) is 0 Å². The fourth-order valence-electron chi connectivity index (χ4n) is 1.94. The van der Waals surface area contributed by atoms with Crippen LogP contribution in [0.4, 0.5) is 5.69 Å². The van der Waals surface area contributed by atoms with Gasteiger partial charge in [-0.05, 0) is 18.6 Å². The van der Waals surface area contributed by atoms with Crippen LogP contribution in [0.1, 0.15) is 26.2 Å². The standard InChI is InChI=1S/C13H16N2O2.H3N.H3O4P/c1-2-3-9-11-12(16)14-15(13(11)17)10-7-5-4-6-8-10;;1-5(2,3)4/h4-8,11H,2-3,9H2,1H3,(H,14,16);1H3;(H3,1,2,3,4). The quantitative estimate of drug-likeness (QED) is 0.402. The van der Waals surface area contributed by atoms with E-state index in [1.165, 1.54) is 5.01 Å². The first kappa shape index (κ1) is 21.2. The second-order valence-corrected chi connectivity index (χ2v) is 5.72. The Balaban J connectivity index is 0.000000709. The molecule has 1 atom stereocenters. The molecule has 1 aromatic rings. The zero-order chi connectivity index (χ0) is 16.8. The maximum Gasteiger partial charge on any atom is 0.466 e. The number of nitrogens with zero attached hydrogens (tertiary/aromatic N) is 1. The van der Waals surface area contributed by atoms with Gasteiger partial charge >= 0.3 is 7.82 Å². The number of benzene rings is 1. The van der Waals surface area contributed by atoms with Gasteiger partial charge in [0.05, 0.1) is 5.69 Å². The highest BCUT2D eigenvalue weighted by Crippen LogP contribution is 2.26. The van der Waals surface area contributed by atoms with Crippen molar-refractivity contribution in [3.63, 3.8) is 0 Å². The van der Waals surface area contributed by atoms with Crippen molar-refractivity contribution in [2.45, 2.75) is 26.2 Å². The predicted molar refractivity (Wildman–Crippen MR) is 84.4 cm³/mol. The van der Waals surface area contributed by atoms with Crippen LogP contribution in [0, 0.1) is 5.92 Å². The van der Waals surface area contributed by atoms with Gasteiger partial charge in [-0.25, -0.2) is 9.57 Å². The lowest BCUT2D eigenvalue weighted by molar-refractivity contribution is -0.127. The van der Waals surface area contributed by atoms with Crippen LogP contribution in [0.25, 0.3) is 0 Å². The summed E-state index contributed by atoms with van der Waals surface area (Å²) in [6, 6.07) is 9.17. The van der Waals surface area contributed by atoms with E-state index in [1.54, 1.807) is 12.1 Å². The number of rotatable bonds is 4.